The van der Waals surface area contributed by atoms with E-state index in [9.17, 15) is 5.11 Å². The van der Waals surface area contributed by atoms with Gasteiger partial charge in [-0.1, -0.05) is 18.2 Å². The van der Waals surface area contributed by atoms with Gasteiger partial charge in [0.1, 0.15) is 0 Å². The zero-order chi connectivity index (χ0) is 10.8. The number of hydrogen-bond acceptors (Lipinski definition) is 2. The molecule has 0 bridgehead atoms. The van der Waals surface area contributed by atoms with E-state index in [2.05, 4.69) is 6.07 Å². The minimum atomic E-state index is -0.768. The SMILES string of the molecule is COCc1ccc(C(C)(C)O)c(C)c1. The number of hydrogen-bond donors (Lipinski definition) is 1. The van der Waals surface area contributed by atoms with Crippen LogP contribution >= 0.6 is 0 Å². The fraction of sp³-hybridized carbons (Fsp3) is 0.500. The molecule has 0 radical (unpaired) electrons. The van der Waals surface area contributed by atoms with E-state index in [0.29, 0.717) is 6.61 Å². The van der Waals surface area contributed by atoms with Gasteiger partial charge in [-0.3, -0.25) is 0 Å². The van der Waals surface area contributed by atoms with Crippen LogP contribution in [0.4, 0.5) is 0 Å². The Morgan fingerprint density at radius 2 is 2.00 bits per heavy atom. The Kier molecular flexibility index (Phi) is 3.29. The second-order valence-corrected chi connectivity index (χ2v) is 4.14. The van der Waals surface area contributed by atoms with Crippen LogP contribution in [0.15, 0.2) is 18.2 Å². The summed E-state index contributed by atoms with van der Waals surface area (Å²) in [5, 5.41) is 9.86. The molecule has 0 aliphatic carbocycles. The Bertz CT molecular complexity index is 311. The van der Waals surface area contributed by atoms with Crippen LogP contribution in [0.1, 0.15) is 30.5 Å². The van der Waals surface area contributed by atoms with Crippen LogP contribution in [-0.4, -0.2) is 12.2 Å². The van der Waals surface area contributed by atoms with Crippen molar-refractivity contribution < 1.29 is 9.84 Å². The van der Waals surface area contributed by atoms with Crippen LogP contribution < -0.4 is 0 Å². The van der Waals surface area contributed by atoms with E-state index in [0.717, 1.165) is 16.7 Å². The van der Waals surface area contributed by atoms with Crippen LogP contribution in [0.5, 0.6) is 0 Å². The molecule has 1 N–H and O–H groups in total. The van der Waals surface area contributed by atoms with Crippen molar-refractivity contribution in [2.24, 2.45) is 0 Å². The summed E-state index contributed by atoms with van der Waals surface area (Å²) in [6.45, 7) is 6.22. The number of rotatable bonds is 3. The Balaban J connectivity index is 3.02. The summed E-state index contributed by atoms with van der Waals surface area (Å²) < 4.78 is 5.05. The molecule has 0 aliphatic heterocycles. The summed E-state index contributed by atoms with van der Waals surface area (Å²) in [7, 11) is 1.68. The molecule has 14 heavy (non-hydrogen) atoms. The molecular weight excluding hydrogens is 176 g/mol. The lowest BCUT2D eigenvalue weighted by atomic mass is 9.93. The summed E-state index contributed by atoms with van der Waals surface area (Å²) >= 11 is 0. The molecule has 0 unspecified atom stereocenters. The zero-order valence-corrected chi connectivity index (χ0v) is 9.29. The average molecular weight is 194 g/mol. The highest BCUT2D eigenvalue weighted by molar-refractivity contribution is 5.34. The fourth-order valence-corrected chi connectivity index (χ4v) is 1.67. The Labute approximate surface area is 85.5 Å². The van der Waals surface area contributed by atoms with Crippen LogP contribution in [0, 0.1) is 6.92 Å². The first-order valence-electron chi connectivity index (χ1n) is 4.76. The van der Waals surface area contributed by atoms with Crippen LogP contribution in [0.3, 0.4) is 0 Å². The number of aliphatic hydroxyl groups is 1. The predicted octanol–water partition coefficient (Wildman–Crippen LogP) is 2.37. The average Bonchev–Trinajstić information content (AvgIpc) is 2.02. The number of aryl methyl sites for hydroxylation is 1. The van der Waals surface area contributed by atoms with Crippen LogP contribution in [-0.2, 0) is 16.9 Å². The van der Waals surface area contributed by atoms with Gasteiger partial charge in [0, 0.05) is 7.11 Å². The Hall–Kier alpha value is -0.860. The molecule has 0 spiro atoms. The third kappa shape index (κ3) is 2.56. The summed E-state index contributed by atoms with van der Waals surface area (Å²) in [4.78, 5) is 0. The molecule has 0 saturated carbocycles. The first kappa shape index (κ1) is 11.2. The summed E-state index contributed by atoms with van der Waals surface area (Å²) in [6.07, 6.45) is 0. The molecule has 1 aromatic rings. The van der Waals surface area contributed by atoms with Gasteiger partial charge in [-0.2, -0.15) is 0 Å². The van der Waals surface area contributed by atoms with Gasteiger partial charge >= 0.3 is 0 Å². The van der Waals surface area contributed by atoms with Gasteiger partial charge in [-0.05, 0) is 37.5 Å². The molecule has 78 valence electrons. The monoisotopic (exact) mass is 194 g/mol. The number of methoxy groups -OCH3 is 1. The highest BCUT2D eigenvalue weighted by atomic mass is 16.5. The van der Waals surface area contributed by atoms with Crippen molar-refractivity contribution in [3.05, 3.63) is 34.9 Å². The molecule has 0 fully saturated rings. The van der Waals surface area contributed by atoms with Gasteiger partial charge in [-0.15, -0.1) is 0 Å². The molecule has 1 rings (SSSR count). The predicted molar refractivity (Wildman–Crippen MR) is 57.1 cm³/mol. The third-order valence-corrected chi connectivity index (χ3v) is 2.26. The lowest BCUT2D eigenvalue weighted by Crippen LogP contribution is -2.17. The second-order valence-electron chi connectivity index (χ2n) is 4.14. The second kappa shape index (κ2) is 4.11. The van der Waals surface area contributed by atoms with Crippen molar-refractivity contribution in [2.75, 3.05) is 7.11 Å². The first-order chi connectivity index (χ1) is 6.45. The maximum atomic E-state index is 9.86. The van der Waals surface area contributed by atoms with E-state index in [1.165, 1.54) is 0 Å². The molecule has 0 atom stereocenters. The number of ether oxygens (including phenoxy) is 1. The van der Waals surface area contributed by atoms with E-state index < -0.39 is 5.60 Å². The normalized spacial score (nSPS) is 11.8. The summed E-state index contributed by atoms with van der Waals surface area (Å²) in [5.41, 5.74) is 2.44. The van der Waals surface area contributed by atoms with Crippen molar-refractivity contribution >= 4 is 0 Å². The van der Waals surface area contributed by atoms with Crippen molar-refractivity contribution in [1.29, 1.82) is 0 Å². The summed E-state index contributed by atoms with van der Waals surface area (Å²) in [6, 6.07) is 6.00. The van der Waals surface area contributed by atoms with Gasteiger partial charge in [0.15, 0.2) is 0 Å². The first-order valence-corrected chi connectivity index (χ1v) is 4.76. The standard InChI is InChI=1S/C12H18O2/c1-9-7-10(8-14-4)5-6-11(9)12(2,3)13/h5-7,13H,8H2,1-4H3. The van der Waals surface area contributed by atoms with Crippen LogP contribution in [0.2, 0.25) is 0 Å². The van der Waals surface area contributed by atoms with E-state index in [1.54, 1.807) is 21.0 Å². The van der Waals surface area contributed by atoms with Crippen molar-refractivity contribution in [3.8, 4) is 0 Å². The minimum absolute atomic E-state index is 0.618. The Morgan fingerprint density at radius 1 is 1.36 bits per heavy atom. The van der Waals surface area contributed by atoms with Crippen LogP contribution in [0.25, 0.3) is 0 Å². The molecule has 0 saturated heterocycles. The molecule has 2 nitrogen and oxygen atoms in total. The van der Waals surface area contributed by atoms with Gasteiger partial charge in [0.05, 0.1) is 12.2 Å². The van der Waals surface area contributed by atoms with Gasteiger partial charge in [0.2, 0.25) is 0 Å². The third-order valence-electron chi connectivity index (χ3n) is 2.26. The Morgan fingerprint density at radius 3 is 2.43 bits per heavy atom. The van der Waals surface area contributed by atoms with E-state index in [4.69, 9.17) is 4.74 Å². The lowest BCUT2D eigenvalue weighted by Gasteiger charge is -2.20. The topological polar surface area (TPSA) is 29.5 Å². The molecule has 0 aliphatic rings. The summed E-state index contributed by atoms with van der Waals surface area (Å²) in [5.74, 6) is 0. The van der Waals surface area contributed by atoms with Gasteiger partial charge in [-0.25, -0.2) is 0 Å². The highest BCUT2D eigenvalue weighted by Gasteiger charge is 2.17. The number of benzene rings is 1. The molecule has 2 heteroatoms. The van der Waals surface area contributed by atoms with Crippen molar-refractivity contribution in [1.82, 2.24) is 0 Å². The largest absolute Gasteiger partial charge is 0.386 e. The van der Waals surface area contributed by atoms with Gasteiger partial charge in [0.25, 0.3) is 0 Å². The van der Waals surface area contributed by atoms with E-state index in [-0.39, 0.29) is 0 Å². The van der Waals surface area contributed by atoms with Gasteiger partial charge < -0.3 is 9.84 Å². The quantitative estimate of drug-likeness (QED) is 0.800. The molecular formula is C12H18O2. The molecule has 1 aromatic carbocycles. The smallest absolute Gasteiger partial charge is 0.0843 e. The zero-order valence-electron chi connectivity index (χ0n) is 9.29. The maximum absolute atomic E-state index is 9.86. The van der Waals surface area contributed by atoms with E-state index >= 15 is 0 Å². The fourth-order valence-electron chi connectivity index (χ4n) is 1.67. The maximum Gasteiger partial charge on any atom is 0.0843 e. The molecule has 0 aromatic heterocycles. The van der Waals surface area contributed by atoms with Crippen molar-refractivity contribution in [3.63, 3.8) is 0 Å². The lowest BCUT2D eigenvalue weighted by molar-refractivity contribution is 0.0778. The minimum Gasteiger partial charge on any atom is -0.386 e. The van der Waals surface area contributed by atoms with Crippen molar-refractivity contribution in [2.45, 2.75) is 33.0 Å². The highest BCUT2D eigenvalue weighted by Crippen LogP contribution is 2.24. The van der Waals surface area contributed by atoms with E-state index in [1.807, 2.05) is 19.1 Å². The molecule has 0 amide bonds. The molecule has 0 heterocycles.